The molecule has 8 heteroatoms. The van der Waals surface area contributed by atoms with Gasteiger partial charge in [0.1, 0.15) is 0 Å². The molecular formula is C22H34N6OS. The normalized spacial score (nSPS) is 20.9. The first-order valence-electron chi connectivity index (χ1n) is 11.4. The van der Waals surface area contributed by atoms with Gasteiger partial charge in [0.25, 0.3) is 0 Å². The molecular weight excluding hydrogens is 396 g/mol. The second kappa shape index (κ2) is 9.92. The van der Waals surface area contributed by atoms with Crippen molar-refractivity contribution in [2.45, 2.75) is 52.4 Å². The van der Waals surface area contributed by atoms with Crippen molar-refractivity contribution in [3.05, 3.63) is 23.5 Å². The first-order chi connectivity index (χ1) is 14.6. The van der Waals surface area contributed by atoms with E-state index in [1.807, 2.05) is 0 Å². The van der Waals surface area contributed by atoms with Gasteiger partial charge in [0.15, 0.2) is 0 Å². The summed E-state index contributed by atoms with van der Waals surface area (Å²) in [5, 5.41) is 13.9. The number of hydrogen-bond acceptors (Lipinski definition) is 6. The Balaban J connectivity index is 1.30. The molecule has 0 saturated carbocycles. The molecule has 2 aliphatic rings. The molecule has 1 amide bonds. The highest BCUT2D eigenvalue weighted by atomic mass is 32.1. The van der Waals surface area contributed by atoms with Crippen LogP contribution in [0.3, 0.4) is 0 Å². The second-order valence-corrected chi connectivity index (χ2v) is 9.59. The lowest BCUT2D eigenvalue weighted by molar-refractivity contribution is -0.125. The van der Waals surface area contributed by atoms with Gasteiger partial charge in [-0.3, -0.25) is 9.36 Å². The summed E-state index contributed by atoms with van der Waals surface area (Å²) >= 11 is 1.61. The molecule has 2 saturated heterocycles. The van der Waals surface area contributed by atoms with Gasteiger partial charge in [-0.05, 0) is 64.8 Å². The summed E-state index contributed by atoms with van der Waals surface area (Å²) in [4.78, 5) is 17.5. The van der Waals surface area contributed by atoms with Crippen molar-refractivity contribution in [3.63, 3.8) is 0 Å². The molecule has 0 aliphatic carbocycles. The molecule has 2 aromatic rings. The summed E-state index contributed by atoms with van der Waals surface area (Å²) in [6.45, 7) is 9.91. The number of anilines is 1. The number of amides is 1. The average Bonchev–Trinajstić information content (AvgIpc) is 3.26. The number of hydrogen-bond donors (Lipinski definition) is 1. The first kappa shape index (κ1) is 21.3. The molecule has 1 atom stereocenters. The van der Waals surface area contributed by atoms with Gasteiger partial charge in [-0.25, -0.2) is 0 Å². The third kappa shape index (κ3) is 5.03. The number of likely N-dealkylation sites (tertiary alicyclic amines) is 1. The smallest absolute Gasteiger partial charge is 0.224 e. The van der Waals surface area contributed by atoms with Crippen molar-refractivity contribution in [2.24, 2.45) is 5.92 Å². The van der Waals surface area contributed by atoms with Gasteiger partial charge in [0.2, 0.25) is 16.2 Å². The number of nitrogens with zero attached hydrogens (tertiary/aromatic N) is 5. The average molecular weight is 431 g/mol. The molecule has 2 aliphatic heterocycles. The van der Waals surface area contributed by atoms with Crippen LogP contribution in [0.15, 0.2) is 12.1 Å². The van der Waals surface area contributed by atoms with Crippen molar-refractivity contribution in [1.82, 2.24) is 25.0 Å². The lowest BCUT2D eigenvalue weighted by Crippen LogP contribution is -2.44. The molecule has 0 bridgehead atoms. The van der Waals surface area contributed by atoms with E-state index in [4.69, 9.17) is 0 Å². The molecule has 7 nitrogen and oxygen atoms in total. The molecule has 1 N–H and O–H groups in total. The van der Waals surface area contributed by atoms with Gasteiger partial charge in [-0.1, -0.05) is 24.2 Å². The van der Waals surface area contributed by atoms with Gasteiger partial charge in [0, 0.05) is 37.6 Å². The van der Waals surface area contributed by atoms with Crippen LogP contribution in [-0.4, -0.2) is 64.8 Å². The minimum atomic E-state index is 0.0327. The van der Waals surface area contributed by atoms with Gasteiger partial charge in [-0.2, -0.15) is 0 Å². The number of nitrogens with one attached hydrogen (secondary N) is 1. The van der Waals surface area contributed by atoms with Crippen molar-refractivity contribution in [2.75, 3.05) is 44.2 Å². The predicted octanol–water partition coefficient (Wildman–Crippen LogP) is 3.15. The van der Waals surface area contributed by atoms with Crippen molar-refractivity contribution >= 4 is 22.4 Å². The lowest BCUT2D eigenvalue weighted by atomic mass is 9.97. The molecule has 4 rings (SSSR count). The zero-order chi connectivity index (χ0) is 20.9. The standard InChI is InChI=1S/C22H34N6OS/c1-17-9-10-18(2)28(17)22-25-24-21(30-22)27-14-7-8-19(16-27)20(29)23-11-15-26-12-5-3-4-6-13-26/h9-10,19H,3-8,11-16H2,1-2H3,(H,23,29). The summed E-state index contributed by atoms with van der Waals surface area (Å²) in [7, 11) is 0. The Labute approximate surface area is 183 Å². The SMILES string of the molecule is Cc1ccc(C)n1-c1nnc(N2CCCC(C(=O)NCCN3CCCCCC3)C2)s1. The first-order valence-corrected chi connectivity index (χ1v) is 12.2. The van der Waals surface area contributed by atoms with Crippen LogP contribution in [0.25, 0.3) is 5.13 Å². The summed E-state index contributed by atoms with van der Waals surface area (Å²) in [5.41, 5.74) is 2.33. The Morgan fingerprint density at radius 1 is 1.03 bits per heavy atom. The zero-order valence-electron chi connectivity index (χ0n) is 18.3. The van der Waals surface area contributed by atoms with Crippen molar-refractivity contribution < 1.29 is 4.79 Å². The fraction of sp³-hybridized carbons (Fsp3) is 0.682. The third-order valence-electron chi connectivity index (χ3n) is 6.35. The Hall–Kier alpha value is -1.93. The molecule has 164 valence electrons. The Morgan fingerprint density at radius 3 is 2.47 bits per heavy atom. The maximum atomic E-state index is 12.8. The Bertz CT molecular complexity index is 819. The highest BCUT2D eigenvalue weighted by Crippen LogP contribution is 2.29. The van der Waals surface area contributed by atoms with Crippen molar-refractivity contribution in [3.8, 4) is 5.13 Å². The molecule has 0 spiro atoms. The van der Waals surface area contributed by atoms with E-state index >= 15 is 0 Å². The van der Waals surface area contributed by atoms with Crippen LogP contribution >= 0.6 is 11.3 Å². The monoisotopic (exact) mass is 430 g/mol. The van der Waals surface area contributed by atoms with Gasteiger partial charge in [-0.15, -0.1) is 10.2 Å². The predicted molar refractivity (Wildman–Crippen MR) is 122 cm³/mol. The van der Waals surface area contributed by atoms with Gasteiger partial charge >= 0.3 is 0 Å². The van der Waals surface area contributed by atoms with Crippen LogP contribution in [0.2, 0.25) is 0 Å². The van der Waals surface area contributed by atoms with Crippen LogP contribution in [0.1, 0.15) is 49.9 Å². The third-order valence-corrected chi connectivity index (χ3v) is 7.32. The van der Waals surface area contributed by atoms with Crippen LogP contribution in [0.4, 0.5) is 5.13 Å². The Kier molecular flexibility index (Phi) is 7.04. The molecule has 2 fully saturated rings. The van der Waals surface area contributed by atoms with E-state index in [1.54, 1.807) is 11.3 Å². The quantitative estimate of drug-likeness (QED) is 0.763. The highest BCUT2D eigenvalue weighted by molar-refractivity contribution is 7.17. The van der Waals surface area contributed by atoms with Gasteiger partial charge in [0.05, 0.1) is 5.92 Å². The van der Waals surface area contributed by atoms with E-state index in [9.17, 15) is 4.79 Å². The highest BCUT2D eigenvalue weighted by Gasteiger charge is 2.28. The number of carbonyl (C=O) groups excluding carboxylic acids is 1. The topological polar surface area (TPSA) is 66.3 Å². The van der Waals surface area contributed by atoms with E-state index in [-0.39, 0.29) is 11.8 Å². The van der Waals surface area contributed by atoms with Gasteiger partial charge < -0.3 is 15.1 Å². The molecule has 0 aromatic carbocycles. The van der Waals surface area contributed by atoms with Crippen LogP contribution in [0.5, 0.6) is 0 Å². The molecule has 1 unspecified atom stereocenters. The zero-order valence-corrected chi connectivity index (χ0v) is 19.1. The summed E-state index contributed by atoms with van der Waals surface area (Å²) in [5.74, 6) is 0.224. The van der Waals surface area contributed by atoms with Crippen LogP contribution in [0, 0.1) is 19.8 Å². The van der Waals surface area contributed by atoms with E-state index < -0.39 is 0 Å². The number of carbonyl (C=O) groups is 1. The number of piperidine rings is 1. The fourth-order valence-corrected chi connectivity index (χ4v) is 5.60. The molecule has 0 radical (unpaired) electrons. The van der Waals surface area contributed by atoms with E-state index in [0.717, 1.165) is 60.7 Å². The summed E-state index contributed by atoms with van der Waals surface area (Å²) in [6, 6.07) is 4.20. The largest absolute Gasteiger partial charge is 0.355 e. The maximum Gasteiger partial charge on any atom is 0.224 e. The van der Waals surface area contributed by atoms with E-state index in [1.165, 1.54) is 38.8 Å². The second-order valence-electron chi connectivity index (χ2n) is 8.65. The number of aryl methyl sites for hydroxylation is 2. The lowest BCUT2D eigenvalue weighted by Gasteiger charge is -2.31. The summed E-state index contributed by atoms with van der Waals surface area (Å²) in [6.07, 6.45) is 7.23. The van der Waals surface area contributed by atoms with E-state index in [0.29, 0.717) is 0 Å². The number of aromatic nitrogens is 3. The van der Waals surface area contributed by atoms with E-state index in [2.05, 4.69) is 55.9 Å². The summed E-state index contributed by atoms with van der Waals surface area (Å²) < 4.78 is 2.14. The minimum absolute atomic E-state index is 0.0327. The number of rotatable bonds is 6. The molecule has 30 heavy (non-hydrogen) atoms. The van der Waals surface area contributed by atoms with Crippen LogP contribution < -0.4 is 10.2 Å². The van der Waals surface area contributed by atoms with Crippen LogP contribution in [-0.2, 0) is 4.79 Å². The fourth-order valence-electron chi connectivity index (χ4n) is 4.60. The minimum Gasteiger partial charge on any atom is -0.355 e. The maximum absolute atomic E-state index is 12.8. The Morgan fingerprint density at radius 2 is 1.73 bits per heavy atom. The molecule has 4 heterocycles. The molecule has 2 aromatic heterocycles. The van der Waals surface area contributed by atoms with Crippen molar-refractivity contribution in [1.29, 1.82) is 0 Å².